The molecule has 8 heteroatoms. The molecule has 2 aliphatic rings. The van der Waals surface area contributed by atoms with Gasteiger partial charge in [-0.2, -0.15) is 0 Å². The first-order chi connectivity index (χ1) is 14.2. The summed E-state index contributed by atoms with van der Waals surface area (Å²) in [5.74, 6) is 1.60. The molecule has 1 amide bonds. The van der Waals surface area contributed by atoms with Crippen molar-refractivity contribution in [2.45, 2.75) is 19.8 Å². The minimum Gasteiger partial charge on any atom is -0.368 e. The molecule has 0 bridgehead atoms. The average Bonchev–Trinajstić information content (AvgIpc) is 3.44. The van der Waals surface area contributed by atoms with Crippen LogP contribution in [0.15, 0.2) is 35.2 Å². The highest BCUT2D eigenvalue weighted by atomic mass is 16.5. The number of aromatic nitrogens is 3. The van der Waals surface area contributed by atoms with Crippen molar-refractivity contribution in [1.29, 1.82) is 0 Å². The van der Waals surface area contributed by atoms with Crippen molar-refractivity contribution in [2.24, 2.45) is 0 Å². The van der Waals surface area contributed by atoms with Gasteiger partial charge in [0.1, 0.15) is 23.5 Å². The fourth-order valence-electron chi connectivity index (χ4n) is 4.25. The van der Waals surface area contributed by atoms with Crippen molar-refractivity contribution in [1.82, 2.24) is 20.0 Å². The molecule has 2 aliphatic heterocycles. The van der Waals surface area contributed by atoms with Crippen LogP contribution in [0.4, 0.5) is 11.5 Å². The van der Waals surface area contributed by atoms with Gasteiger partial charge < -0.3 is 19.2 Å². The van der Waals surface area contributed by atoms with Crippen LogP contribution in [0.1, 0.15) is 29.0 Å². The van der Waals surface area contributed by atoms with Gasteiger partial charge in [0.05, 0.1) is 11.7 Å². The largest absolute Gasteiger partial charge is 0.368 e. The first kappa shape index (κ1) is 17.9. The molecule has 0 saturated carbocycles. The molecule has 29 heavy (non-hydrogen) atoms. The van der Waals surface area contributed by atoms with E-state index >= 15 is 0 Å². The van der Waals surface area contributed by atoms with Crippen LogP contribution >= 0.6 is 0 Å². The van der Waals surface area contributed by atoms with Crippen LogP contribution in [0.25, 0.3) is 10.9 Å². The molecule has 3 aromatic rings. The predicted molar refractivity (Wildman–Crippen MR) is 110 cm³/mol. The molecule has 0 atom stereocenters. The Morgan fingerprint density at radius 1 is 1.00 bits per heavy atom. The number of carbonyl (C=O) groups excluding carboxylic acids is 1. The van der Waals surface area contributed by atoms with Gasteiger partial charge in [-0.3, -0.25) is 4.79 Å². The Morgan fingerprint density at radius 3 is 2.52 bits per heavy atom. The lowest BCUT2D eigenvalue weighted by Gasteiger charge is -2.36. The minimum atomic E-state index is -0.00775. The van der Waals surface area contributed by atoms with Crippen molar-refractivity contribution in [2.75, 3.05) is 49.1 Å². The van der Waals surface area contributed by atoms with E-state index in [0.717, 1.165) is 48.6 Å². The lowest BCUT2D eigenvalue weighted by molar-refractivity contribution is 0.0745. The van der Waals surface area contributed by atoms with Crippen molar-refractivity contribution in [3.8, 4) is 0 Å². The molecular formula is C21H24N6O2. The summed E-state index contributed by atoms with van der Waals surface area (Å²) in [6, 6.07) is 6.39. The lowest BCUT2D eigenvalue weighted by Crippen LogP contribution is -2.48. The second-order valence-corrected chi connectivity index (χ2v) is 7.67. The van der Waals surface area contributed by atoms with Gasteiger partial charge in [0.2, 0.25) is 0 Å². The van der Waals surface area contributed by atoms with E-state index in [-0.39, 0.29) is 5.91 Å². The second-order valence-electron chi connectivity index (χ2n) is 7.67. The lowest BCUT2D eigenvalue weighted by atomic mass is 10.1. The number of nitrogens with zero attached hydrogens (tertiary/aromatic N) is 6. The first-order valence-electron chi connectivity index (χ1n) is 10.2. The number of hydrogen-bond acceptors (Lipinski definition) is 7. The molecule has 5 rings (SSSR count). The second kappa shape index (κ2) is 7.35. The summed E-state index contributed by atoms with van der Waals surface area (Å²) >= 11 is 0. The molecule has 1 aromatic carbocycles. The smallest absolute Gasteiger partial charge is 0.259 e. The number of rotatable bonds is 3. The molecule has 4 heterocycles. The molecule has 2 aromatic heterocycles. The molecule has 0 unspecified atom stereocenters. The number of anilines is 2. The summed E-state index contributed by atoms with van der Waals surface area (Å²) in [7, 11) is 0. The van der Waals surface area contributed by atoms with E-state index in [4.69, 9.17) is 4.52 Å². The zero-order chi connectivity index (χ0) is 19.8. The number of benzene rings is 1. The van der Waals surface area contributed by atoms with Crippen LogP contribution in [0.5, 0.6) is 0 Å². The van der Waals surface area contributed by atoms with Gasteiger partial charge in [-0.1, -0.05) is 5.16 Å². The minimum absolute atomic E-state index is 0.00775. The van der Waals surface area contributed by atoms with E-state index < -0.39 is 0 Å². The van der Waals surface area contributed by atoms with Gasteiger partial charge >= 0.3 is 0 Å². The van der Waals surface area contributed by atoms with Gasteiger partial charge in [0.15, 0.2) is 0 Å². The molecular weight excluding hydrogens is 368 g/mol. The number of hydrogen-bond donors (Lipinski definition) is 0. The molecule has 2 saturated heterocycles. The van der Waals surface area contributed by atoms with Crippen LogP contribution in [0.3, 0.4) is 0 Å². The third kappa shape index (κ3) is 3.28. The normalized spacial score (nSPS) is 17.3. The SMILES string of the molecule is Cc1oncc1C(=O)N1CCN(c2ccc3ncnc(N4CCCC4)c3c2)CC1. The first-order valence-corrected chi connectivity index (χ1v) is 10.2. The predicted octanol–water partition coefficient (Wildman–Crippen LogP) is 2.49. The van der Waals surface area contributed by atoms with E-state index in [9.17, 15) is 4.79 Å². The molecule has 0 radical (unpaired) electrons. The van der Waals surface area contributed by atoms with Gasteiger partial charge in [-0.15, -0.1) is 0 Å². The molecule has 8 nitrogen and oxygen atoms in total. The van der Waals surface area contributed by atoms with Crippen molar-refractivity contribution in [3.63, 3.8) is 0 Å². The fourth-order valence-corrected chi connectivity index (χ4v) is 4.25. The Bertz CT molecular complexity index is 1030. The van der Waals surface area contributed by atoms with Crippen LogP contribution < -0.4 is 9.80 Å². The number of amides is 1. The highest BCUT2D eigenvalue weighted by Crippen LogP contribution is 2.30. The molecule has 2 fully saturated rings. The Labute approximate surface area is 169 Å². The Hall–Kier alpha value is -3.16. The fraction of sp³-hybridized carbons (Fsp3) is 0.429. The topological polar surface area (TPSA) is 78.6 Å². The van der Waals surface area contributed by atoms with E-state index in [1.165, 1.54) is 19.0 Å². The van der Waals surface area contributed by atoms with E-state index in [0.29, 0.717) is 24.4 Å². The highest BCUT2D eigenvalue weighted by Gasteiger charge is 2.25. The van der Waals surface area contributed by atoms with Crippen LogP contribution in [-0.4, -0.2) is 65.2 Å². The van der Waals surface area contributed by atoms with Crippen LogP contribution in [0.2, 0.25) is 0 Å². The summed E-state index contributed by atoms with van der Waals surface area (Å²) in [5, 5.41) is 4.82. The van der Waals surface area contributed by atoms with Crippen molar-refractivity contribution < 1.29 is 9.32 Å². The standard InChI is InChI=1S/C21H24N6O2/c1-15-18(13-24-29-15)21(28)27-10-8-25(9-11-27)16-4-5-19-17(12-16)20(23-14-22-19)26-6-2-3-7-26/h4-5,12-14H,2-3,6-11H2,1H3. The maximum absolute atomic E-state index is 12.7. The Morgan fingerprint density at radius 2 is 1.79 bits per heavy atom. The summed E-state index contributed by atoms with van der Waals surface area (Å²) < 4.78 is 5.04. The van der Waals surface area contributed by atoms with E-state index in [1.807, 2.05) is 4.90 Å². The summed E-state index contributed by atoms with van der Waals surface area (Å²) in [6.07, 6.45) is 5.60. The molecule has 150 valence electrons. The summed E-state index contributed by atoms with van der Waals surface area (Å²) in [5.41, 5.74) is 2.68. The Kier molecular flexibility index (Phi) is 4.54. The quantitative estimate of drug-likeness (QED) is 0.677. The van der Waals surface area contributed by atoms with Crippen LogP contribution in [0, 0.1) is 6.92 Å². The molecule has 0 aliphatic carbocycles. The zero-order valence-electron chi connectivity index (χ0n) is 16.5. The van der Waals surface area contributed by atoms with Gasteiger partial charge in [0, 0.05) is 50.3 Å². The zero-order valence-corrected chi connectivity index (χ0v) is 16.5. The Balaban J connectivity index is 1.35. The highest BCUT2D eigenvalue weighted by molar-refractivity contribution is 5.95. The van der Waals surface area contributed by atoms with Crippen molar-refractivity contribution >= 4 is 28.3 Å². The maximum atomic E-state index is 12.7. The average molecular weight is 392 g/mol. The molecule has 0 N–H and O–H groups in total. The third-order valence-corrected chi connectivity index (χ3v) is 5.92. The van der Waals surface area contributed by atoms with Crippen LogP contribution in [-0.2, 0) is 0 Å². The summed E-state index contributed by atoms with van der Waals surface area (Å²) in [4.78, 5) is 28.2. The number of piperazine rings is 1. The van der Waals surface area contributed by atoms with E-state index in [2.05, 4.69) is 43.1 Å². The monoisotopic (exact) mass is 392 g/mol. The number of aryl methyl sites for hydroxylation is 1. The van der Waals surface area contributed by atoms with E-state index in [1.54, 1.807) is 13.3 Å². The maximum Gasteiger partial charge on any atom is 0.259 e. The van der Waals surface area contributed by atoms with Gasteiger partial charge in [-0.05, 0) is 38.0 Å². The third-order valence-electron chi connectivity index (χ3n) is 5.92. The number of carbonyl (C=O) groups is 1. The van der Waals surface area contributed by atoms with Crippen molar-refractivity contribution in [3.05, 3.63) is 42.0 Å². The molecule has 0 spiro atoms. The number of fused-ring (bicyclic) bond motifs is 1. The summed E-state index contributed by atoms with van der Waals surface area (Å²) in [6.45, 7) is 6.80. The van der Waals surface area contributed by atoms with Gasteiger partial charge in [-0.25, -0.2) is 9.97 Å². The van der Waals surface area contributed by atoms with Gasteiger partial charge in [0.25, 0.3) is 5.91 Å².